The number of rotatable bonds is 6. The number of halogens is 1. The highest BCUT2D eigenvalue weighted by Crippen LogP contribution is 2.31. The number of anilines is 1. The summed E-state index contributed by atoms with van der Waals surface area (Å²) in [4.78, 5) is 28.4. The minimum Gasteiger partial charge on any atom is -0.495 e. The summed E-state index contributed by atoms with van der Waals surface area (Å²) in [6.45, 7) is 1.20. The van der Waals surface area contributed by atoms with Crippen LogP contribution in [0.5, 0.6) is 5.75 Å². The van der Waals surface area contributed by atoms with Gasteiger partial charge in [-0.05, 0) is 37.5 Å². The fraction of sp³-hybridized carbons (Fsp3) is 0.364. The highest BCUT2D eigenvalue weighted by atomic mass is 19.1. The molecular weight excluding hydrogens is 373 g/mol. The largest absolute Gasteiger partial charge is 0.495 e. The topological polar surface area (TPSA) is 75.9 Å². The fourth-order valence-corrected chi connectivity index (χ4v) is 3.50. The number of nitrogens with zero attached hydrogens (tertiary/aromatic N) is 2. The van der Waals surface area contributed by atoms with E-state index in [0.29, 0.717) is 30.1 Å². The Morgan fingerprint density at radius 1 is 1.14 bits per heavy atom. The molecule has 7 heteroatoms. The summed E-state index contributed by atoms with van der Waals surface area (Å²) in [6, 6.07) is 11.2. The van der Waals surface area contributed by atoms with Crippen LogP contribution < -0.4 is 15.4 Å². The number of hydrogen-bond acceptors (Lipinski definition) is 4. The maximum Gasteiger partial charge on any atom is 0.324 e. The van der Waals surface area contributed by atoms with Crippen molar-refractivity contribution in [2.24, 2.45) is 5.73 Å². The Morgan fingerprint density at radius 2 is 1.86 bits per heavy atom. The molecule has 0 unspecified atom stereocenters. The minimum absolute atomic E-state index is 0.0264. The van der Waals surface area contributed by atoms with Gasteiger partial charge in [-0.3, -0.25) is 9.69 Å². The van der Waals surface area contributed by atoms with Gasteiger partial charge in [-0.25, -0.2) is 9.18 Å². The van der Waals surface area contributed by atoms with E-state index in [2.05, 4.69) is 0 Å². The smallest absolute Gasteiger partial charge is 0.324 e. The Hall–Kier alpha value is -2.93. The highest BCUT2D eigenvalue weighted by Gasteiger charge is 2.27. The summed E-state index contributed by atoms with van der Waals surface area (Å²) in [6.07, 6.45) is 3.01. The number of nitrogens with two attached hydrogens (primary N) is 1. The van der Waals surface area contributed by atoms with Crippen molar-refractivity contribution in [2.45, 2.75) is 25.8 Å². The number of ether oxygens (including phenoxy) is 1. The molecule has 2 amide bonds. The van der Waals surface area contributed by atoms with Gasteiger partial charge >= 0.3 is 6.03 Å². The van der Waals surface area contributed by atoms with Crippen molar-refractivity contribution in [1.29, 1.82) is 0 Å². The van der Waals surface area contributed by atoms with Crippen molar-refractivity contribution in [2.75, 3.05) is 31.6 Å². The second kappa shape index (κ2) is 9.52. The number of methoxy groups -OCH3 is 1. The lowest BCUT2D eigenvalue weighted by molar-refractivity contribution is 0.100. The molecule has 3 rings (SSSR count). The quantitative estimate of drug-likeness (QED) is 0.753. The molecule has 0 bridgehead atoms. The third-order valence-electron chi connectivity index (χ3n) is 5.12. The van der Waals surface area contributed by atoms with Crippen molar-refractivity contribution in [3.63, 3.8) is 0 Å². The van der Waals surface area contributed by atoms with Gasteiger partial charge in [-0.1, -0.05) is 24.3 Å². The van der Waals surface area contributed by atoms with E-state index in [9.17, 15) is 14.0 Å². The number of likely N-dealkylation sites (tertiary alicyclic amines) is 1. The van der Waals surface area contributed by atoms with Crippen LogP contribution in [0.15, 0.2) is 42.5 Å². The lowest BCUT2D eigenvalue weighted by Crippen LogP contribution is -2.45. The fourth-order valence-electron chi connectivity index (χ4n) is 3.50. The number of para-hydroxylation sites is 2. The van der Waals surface area contributed by atoms with Crippen molar-refractivity contribution < 1.29 is 18.7 Å². The molecule has 2 aromatic rings. The van der Waals surface area contributed by atoms with Crippen molar-refractivity contribution in [1.82, 2.24) is 4.90 Å². The first kappa shape index (κ1) is 20.8. The average Bonchev–Trinajstić information content (AvgIpc) is 2.77. The number of carbonyl (C=O) groups excluding carboxylic acids is 2. The van der Waals surface area contributed by atoms with Crippen molar-refractivity contribution in [3.8, 4) is 5.75 Å². The van der Waals surface area contributed by atoms with E-state index >= 15 is 0 Å². The van der Waals surface area contributed by atoms with Crippen LogP contribution in [0.2, 0.25) is 0 Å². The number of benzene rings is 2. The Labute approximate surface area is 170 Å². The predicted molar refractivity (Wildman–Crippen MR) is 110 cm³/mol. The summed E-state index contributed by atoms with van der Waals surface area (Å²) in [5, 5.41) is 0. The number of ketones is 1. The first-order valence-electron chi connectivity index (χ1n) is 9.76. The molecular formula is C22H26FN3O3. The van der Waals surface area contributed by atoms with Gasteiger partial charge in [-0.15, -0.1) is 0 Å². The first-order chi connectivity index (χ1) is 14.0. The zero-order valence-electron chi connectivity index (χ0n) is 16.6. The molecule has 0 spiro atoms. The standard InChI is InChI=1S/C22H26FN3O3/c1-29-21-8-4-3-7-19(21)26(22(28)25-11-5-2-6-12-25)15-17-10-9-16(13-18(17)23)20(27)14-24/h3-4,7-10,13H,2,5-6,11-12,14-15,24H2,1H3. The van der Waals surface area contributed by atoms with Crippen LogP contribution >= 0.6 is 0 Å². The zero-order valence-corrected chi connectivity index (χ0v) is 16.6. The van der Waals surface area contributed by atoms with Crippen molar-refractivity contribution in [3.05, 3.63) is 59.4 Å². The average molecular weight is 399 g/mol. The number of carbonyl (C=O) groups is 2. The molecule has 1 heterocycles. The Kier molecular flexibility index (Phi) is 6.82. The number of amides is 2. The van der Waals surface area contributed by atoms with Crippen LogP contribution in [0.1, 0.15) is 35.2 Å². The molecule has 0 aromatic heterocycles. The molecule has 0 radical (unpaired) electrons. The van der Waals surface area contributed by atoms with Gasteiger partial charge in [0.05, 0.1) is 25.9 Å². The molecule has 154 valence electrons. The van der Waals surface area contributed by atoms with E-state index in [1.165, 1.54) is 24.1 Å². The van der Waals surface area contributed by atoms with E-state index in [-0.39, 0.29) is 30.5 Å². The Balaban J connectivity index is 1.95. The zero-order chi connectivity index (χ0) is 20.8. The molecule has 2 N–H and O–H groups in total. The molecule has 1 fully saturated rings. The first-order valence-corrected chi connectivity index (χ1v) is 9.76. The van der Waals surface area contributed by atoms with Crippen LogP contribution in [-0.2, 0) is 6.54 Å². The second-order valence-corrected chi connectivity index (χ2v) is 7.02. The monoisotopic (exact) mass is 399 g/mol. The van der Waals surface area contributed by atoms with Crippen molar-refractivity contribution >= 4 is 17.5 Å². The van der Waals surface area contributed by atoms with Gasteiger partial charge in [0.1, 0.15) is 11.6 Å². The molecule has 0 saturated carbocycles. The van der Waals surface area contributed by atoms with Gasteiger partial charge in [0.15, 0.2) is 5.78 Å². The molecule has 1 aliphatic heterocycles. The molecule has 0 atom stereocenters. The van der Waals surface area contributed by atoms with E-state index in [0.717, 1.165) is 19.3 Å². The Bertz CT molecular complexity index is 881. The third-order valence-corrected chi connectivity index (χ3v) is 5.12. The number of urea groups is 1. The lowest BCUT2D eigenvalue weighted by atomic mass is 10.1. The highest BCUT2D eigenvalue weighted by molar-refractivity contribution is 5.97. The normalized spacial score (nSPS) is 13.8. The molecule has 29 heavy (non-hydrogen) atoms. The van der Waals surface area contributed by atoms with E-state index in [1.54, 1.807) is 23.1 Å². The number of hydrogen-bond donors (Lipinski definition) is 1. The van der Waals surface area contributed by atoms with Gasteiger partial charge in [-0.2, -0.15) is 0 Å². The summed E-state index contributed by atoms with van der Waals surface area (Å²) in [5.41, 5.74) is 6.47. The molecule has 2 aromatic carbocycles. The van der Waals surface area contributed by atoms with Gasteiger partial charge < -0.3 is 15.4 Å². The number of piperidine rings is 1. The van der Waals surface area contributed by atoms with E-state index < -0.39 is 5.82 Å². The van der Waals surface area contributed by atoms with Crippen LogP contribution in [0.4, 0.5) is 14.9 Å². The maximum atomic E-state index is 14.7. The van der Waals surface area contributed by atoms with E-state index in [1.807, 2.05) is 12.1 Å². The summed E-state index contributed by atoms with van der Waals surface area (Å²) < 4.78 is 20.2. The van der Waals surface area contributed by atoms with Crippen LogP contribution in [0, 0.1) is 5.82 Å². The second-order valence-electron chi connectivity index (χ2n) is 7.02. The number of Topliss-reactive ketones (excluding diaryl/α,β-unsaturated/α-hetero) is 1. The third kappa shape index (κ3) is 4.74. The van der Waals surface area contributed by atoms with Crippen LogP contribution in [-0.4, -0.2) is 43.5 Å². The predicted octanol–water partition coefficient (Wildman–Crippen LogP) is 3.59. The summed E-state index contributed by atoms with van der Waals surface area (Å²) in [7, 11) is 1.54. The van der Waals surface area contributed by atoms with Gasteiger partial charge in [0.25, 0.3) is 0 Å². The molecule has 1 aliphatic rings. The van der Waals surface area contributed by atoms with E-state index in [4.69, 9.17) is 10.5 Å². The maximum absolute atomic E-state index is 14.7. The summed E-state index contributed by atoms with van der Waals surface area (Å²) >= 11 is 0. The summed E-state index contributed by atoms with van der Waals surface area (Å²) in [5.74, 6) is -0.342. The lowest BCUT2D eigenvalue weighted by Gasteiger charge is -2.33. The molecule has 1 saturated heterocycles. The van der Waals surface area contributed by atoms with Crippen LogP contribution in [0.25, 0.3) is 0 Å². The van der Waals surface area contributed by atoms with Gasteiger partial charge in [0.2, 0.25) is 0 Å². The molecule has 6 nitrogen and oxygen atoms in total. The van der Waals surface area contributed by atoms with Gasteiger partial charge in [0, 0.05) is 24.2 Å². The molecule has 0 aliphatic carbocycles. The Morgan fingerprint density at radius 3 is 2.52 bits per heavy atom. The minimum atomic E-state index is -0.546. The van der Waals surface area contributed by atoms with Crippen LogP contribution in [0.3, 0.4) is 0 Å². The SMILES string of the molecule is COc1ccccc1N(Cc1ccc(C(=O)CN)cc1F)C(=O)N1CCCCC1.